The summed E-state index contributed by atoms with van der Waals surface area (Å²) in [7, 11) is 0. The Kier molecular flexibility index (Phi) is 8.80. The van der Waals surface area contributed by atoms with Crippen molar-refractivity contribution in [3.05, 3.63) is 76.7 Å². The first-order chi connectivity index (χ1) is 20.3. The fraction of sp³-hybridized carbons (Fsp3) is 0.471. The van der Waals surface area contributed by atoms with Gasteiger partial charge in [0, 0.05) is 54.2 Å². The zero-order valence-corrected chi connectivity index (χ0v) is 27.2. The topological polar surface area (TPSA) is 91.3 Å². The van der Waals surface area contributed by atoms with Crippen LogP contribution in [0, 0.1) is 16.7 Å². The number of pyridine rings is 1. The molecule has 228 valence electrons. The van der Waals surface area contributed by atoms with Crippen LogP contribution in [0.15, 0.2) is 60.6 Å². The maximum absolute atomic E-state index is 9.95. The highest BCUT2D eigenvalue weighted by Gasteiger charge is 2.32. The van der Waals surface area contributed by atoms with Crippen molar-refractivity contribution in [2.75, 3.05) is 23.7 Å². The van der Waals surface area contributed by atoms with Gasteiger partial charge in [0.15, 0.2) is 0 Å². The van der Waals surface area contributed by atoms with Crippen LogP contribution >= 0.6 is 11.6 Å². The highest BCUT2D eigenvalue weighted by molar-refractivity contribution is 6.35. The standard InChI is InChI=1S/C34H45ClN8/c1-22(33(2,3)4)38-30-24(19-36)20-37-32-27(30)17-25(18-28(32)35)39-31(23-11-9-8-10-12-23)29-21-43(41-40-29)26-13-15-42(16-14-26)34(5,6)7/h8-12,17-18,20-22,26,31,39-41H,13-16H2,1-7H3,(H,37,38)/t22-,31+/m1/s1. The van der Waals surface area contributed by atoms with E-state index in [1.165, 1.54) is 0 Å². The first-order valence-electron chi connectivity index (χ1n) is 15.2. The Morgan fingerprint density at radius 3 is 2.37 bits per heavy atom. The van der Waals surface area contributed by atoms with Gasteiger partial charge in [-0.25, -0.2) is 0 Å². The lowest BCUT2D eigenvalue weighted by Gasteiger charge is -2.42. The molecule has 8 nitrogen and oxygen atoms in total. The van der Waals surface area contributed by atoms with Crippen LogP contribution in [0.5, 0.6) is 0 Å². The second-order valence-electron chi connectivity index (χ2n) is 13.9. The van der Waals surface area contributed by atoms with E-state index in [-0.39, 0.29) is 23.0 Å². The van der Waals surface area contributed by atoms with Crippen LogP contribution in [-0.4, -0.2) is 45.6 Å². The zero-order valence-electron chi connectivity index (χ0n) is 26.4. The quantitative estimate of drug-likeness (QED) is 0.226. The Morgan fingerprint density at radius 1 is 1.05 bits per heavy atom. The van der Waals surface area contributed by atoms with Crippen molar-refractivity contribution in [2.24, 2.45) is 5.41 Å². The number of piperidine rings is 1. The minimum atomic E-state index is -0.168. The van der Waals surface area contributed by atoms with E-state index < -0.39 is 0 Å². The summed E-state index contributed by atoms with van der Waals surface area (Å²) in [5.74, 6) is 0. The molecule has 5 rings (SSSR count). The maximum Gasteiger partial charge on any atom is 0.103 e. The van der Waals surface area contributed by atoms with Crippen molar-refractivity contribution < 1.29 is 0 Å². The van der Waals surface area contributed by atoms with Crippen LogP contribution in [0.1, 0.15) is 78.5 Å². The molecule has 1 fully saturated rings. The number of anilines is 2. The average Bonchev–Trinajstić information content (AvgIpc) is 3.46. The molecule has 2 aromatic carbocycles. The molecule has 0 radical (unpaired) electrons. The van der Waals surface area contributed by atoms with Crippen molar-refractivity contribution in [2.45, 2.75) is 85.0 Å². The number of nitrogens with zero attached hydrogens (tertiary/aromatic N) is 4. The lowest BCUT2D eigenvalue weighted by Crippen LogP contribution is -2.52. The predicted molar refractivity (Wildman–Crippen MR) is 177 cm³/mol. The van der Waals surface area contributed by atoms with Crippen molar-refractivity contribution in [1.29, 1.82) is 5.26 Å². The molecule has 3 heterocycles. The second-order valence-corrected chi connectivity index (χ2v) is 14.3. The molecular weight excluding hydrogens is 556 g/mol. The number of hydrogen-bond donors (Lipinski definition) is 4. The molecule has 0 aliphatic carbocycles. The highest BCUT2D eigenvalue weighted by Crippen LogP contribution is 2.37. The molecule has 1 saturated heterocycles. The Hall–Kier alpha value is -3.51. The Balaban J connectivity index is 1.47. The van der Waals surface area contributed by atoms with Crippen molar-refractivity contribution in [3.63, 3.8) is 0 Å². The van der Waals surface area contributed by atoms with Gasteiger partial charge in [-0.3, -0.25) is 14.9 Å². The number of fused-ring (bicyclic) bond motifs is 1. The summed E-state index contributed by atoms with van der Waals surface area (Å²) in [5, 5.41) is 20.9. The lowest BCUT2D eigenvalue weighted by molar-refractivity contribution is 0.0570. The number of aromatic nitrogens is 1. The number of benzene rings is 2. The molecule has 0 saturated carbocycles. The third-order valence-corrected chi connectivity index (χ3v) is 9.16. The van der Waals surface area contributed by atoms with Gasteiger partial charge in [-0.15, -0.1) is 5.53 Å². The first-order valence-corrected chi connectivity index (χ1v) is 15.6. The van der Waals surface area contributed by atoms with Crippen molar-refractivity contribution in [1.82, 2.24) is 25.9 Å². The van der Waals surface area contributed by atoms with Gasteiger partial charge in [-0.2, -0.15) is 5.26 Å². The predicted octanol–water partition coefficient (Wildman–Crippen LogP) is 7.19. The summed E-state index contributed by atoms with van der Waals surface area (Å²) in [4.78, 5) is 7.12. The number of halogens is 1. The van der Waals surface area contributed by atoms with Crippen LogP contribution in [0.25, 0.3) is 10.9 Å². The molecular formula is C34H45ClN8. The maximum atomic E-state index is 9.95. The van der Waals surface area contributed by atoms with E-state index >= 15 is 0 Å². The fourth-order valence-corrected chi connectivity index (χ4v) is 5.94. The van der Waals surface area contributed by atoms with Gasteiger partial charge in [0.2, 0.25) is 0 Å². The van der Waals surface area contributed by atoms with Crippen LogP contribution < -0.4 is 21.6 Å². The molecule has 1 aromatic heterocycles. The minimum absolute atomic E-state index is 0.0107. The van der Waals surface area contributed by atoms with Gasteiger partial charge in [-0.05, 0) is 63.6 Å². The normalized spacial score (nSPS) is 18.1. The number of hydrazine groups is 2. The molecule has 9 heteroatoms. The third-order valence-electron chi connectivity index (χ3n) is 8.87. The van der Waals surface area contributed by atoms with Crippen molar-refractivity contribution >= 4 is 33.9 Å². The number of nitrogens with one attached hydrogen (secondary N) is 4. The minimum Gasteiger partial charge on any atom is -0.380 e. The van der Waals surface area contributed by atoms with Crippen LogP contribution in [0.2, 0.25) is 5.02 Å². The number of rotatable bonds is 7. The summed E-state index contributed by atoms with van der Waals surface area (Å²) in [6.07, 6.45) is 5.98. The molecule has 4 N–H and O–H groups in total. The molecule has 3 aromatic rings. The lowest BCUT2D eigenvalue weighted by atomic mass is 9.87. The van der Waals surface area contributed by atoms with E-state index in [0.29, 0.717) is 22.1 Å². The van der Waals surface area contributed by atoms with E-state index in [2.05, 4.69) is 121 Å². The second kappa shape index (κ2) is 12.2. The van der Waals surface area contributed by atoms with Gasteiger partial charge in [0.1, 0.15) is 6.07 Å². The largest absolute Gasteiger partial charge is 0.380 e. The Labute approximate surface area is 261 Å². The van der Waals surface area contributed by atoms with Gasteiger partial charge in [-0.1, -0.05) is 62.7 Å². The highest BCUT2D eigenvalue weighted by atomic mass is 35.5. The molecule has 2 aliphatic rings. The average molecular weight is 601 g/mol. The fourth-order valence-electron chi connectivity index (χ4n) is 5.67. The first kappa shape index (κ1) is 30.9. The number of nitriles is 1. The molecule has 0 bridgehead atoms. The summed E-state index contributed by atoms with van der Waals surface area (Å²) >= 11 is 6.85. The smallest absolute Gasteiger partial charge is 0.103 e. The molecule has 2 aliphatic heterocycles. The monoisotopic (exact) mass is 600 g/mol. The van der Waals surface area contributed by atoms with E-state index in [1.54, 1.807) is 6.20 Å². The summed E-state index contributed by atoms with van der Waals surface area (Å²) in [5.41, 5.74) is 11.9. The van der Waals surface area contributed by atoms with Gasteiger partial charge < -0.3 is 16.1 Å². The summed E-state index contributed by atoms with van der Waals surface area (Å²) < 4.78 is 0. The van der Waals surface area contributed by atoms with Gasteiger partial charge in [0.25, 0.3) is 0 Å². The Bertz CT molecular complexity index is 1510. The molecule has 43 heavy (non-hydrogen) atoms. The summed E-state index contributed by atoms with van der Waals surface area (Å²) in [6.45, 7) is 17.7. The third kappa shape index (κ3) is 6.85. The molecule has 0 amide bonds. The molecule has 0 spiro atoms. The summed E-state index contributed by atoms with van der Waals surface area (Å²) in [6, 6.07) is 17.0. The Morgan fingerprint density at radius 2 is 1.74 bits per heavy atom. The molecule has 0 unspecified atom stereocenters. The zero-order chi connectivity index (χ0) is 30.9. The van der Waals surface area contributed by atoms with Crippen LogP contribution in [0.3, 0.4) is 0 Å². The van der Waals surface area contributed by atoms with Crippen LogP contribution in [-0.2, 0) is 0 Å². The number of hydrogen-bond acceptors (Lipinski definition) is 8. The van der Waals surface area contributed by atoms with Crippen molar-refractivity contribution in [3.8, 4) is 6.07 Å². The van der Waals surface area contributed by atoms with Crippen LogP contribution in [0.4, 0.5) is 11.4 Å². The van der Waals surface area contributed by atoms with Gasteiger partial charge >= 0.3 is 0 Å². The van der Waals surface area contributed by atoms with E-state index in [9.17, 15) is 5.26 Å². The SMILES string of the molecule is C[C@@H](Nc1c(C#N)cnc2c(Cl)cc(N[C@H](C3=CN(C4CCN(C(C)(C)C)CC4)NN3)c3ccccc3)cc12)C(C)(C)C. The van der Waals surface area contributed by atoms with E-state index in [1.807, 2.05) is 18.2 Å². The van der Waals surface area contributed by atoms with E-state index in [0.717, 1.165) is 54.0 Å². The molecule has 2 atom stereocenters. The van der Waals surface area contributed by atoms with Gasteiger partial charge in [0.05, 0.1) is 33.5 Å². The van der Waals surface area contributed by atoms with E-state index in [4.69, 9.17) is 11.6 Å². The number of likely N-dealkylation sites (tertiary alicyclic amines) is 1.